The highest BCUT2D eigenvalue weighted by Gasteiger charge is 2.40. The first-order valence-electron chi connectivity index (χ1n) is 7.78. The Morgan fingerprint density at radius 1 is 1.29 bits per heavy atom. The molecule has 1 aliphatic carbocycles. The molecule has 126 valence electrons. The van der Waals surface area contributed by atoms with Crippen LogP contribution in [0, 0.1) is 11.2 Å². The van der Waals surface area contributed by atoms with E-state index in [1.54, 1.807) is 12.1 Å². The van der Waals surface area contributed by atoms with Crippen LogP contribution in [-0.2, 0) is 6.42 Å². The van der Waals surface area contributed by atoms with Crippen LogP contribution >= 0.6 is 0 Å². The summed E-state index contributed by atoms with van der Waals surface area (Å²) in [5.74, 6) is 0.135. The summed E-state index contributed by atoms with van der Waals surface area (Å²) >= 11 is 0. The summed E-state index contributed by atoms with van der Waals surface area (Å²) in [5, 5.41) is 11.7. The van der Waals surface area contributed by atoms with Gasteiger partial charge in [0.25, 0.3) is 0 Å². The van der Waals surface area contributed by atoms with Gasteiger partial charge in [-0.25, -0.2) is 9.18 Å². The molecule has 0 saturated heterocycles. The minimum Gasteiger partial charge on any atom is -0.497 e. The topological polar surface area (TPSA) is 58.6 Å². The number of benzene rings is 2. The van der Waals surface area contributed by atoms with E-state index in [2.05, 4.69) is 5.32 Å². The normalized spacial score (nSPS) is 18.1. The van der Waals surface area contributed by atoms with Gasteiger partial charge >= 0.3 is 6.09 Å². The summed E-state index contributed by atoms with van der Waals surface area (Å²) in [6, 6.07) is 10.2. The number of carboxylic acid groups (broad SMARTS) is 1. The van der Waals surface area contributed by atoms with Crippen molar-refractivity contribution in [3.05, 3.63) is 53.3 Å². The molecule has 0 fully saturated rings. The van der Waals surface area contributed by atoms with Crippen molar-refractivity contribution in [3.63, 3.8) is 0 Å². The third kappa shape index (κ3) is 2.82. The van der Waals surface area contributed by atoms with Gasteiger partial charge in [0.15, 0.2) is 0 Å². The molecule has 3 rings (SSSR count). The second kappa shape index (κ2) is 5.82. The van der Waals surface area contributed by atoms with Crippen molar-refractivity contribution >= 4 is 6.09 Å². The second-order valence-corrected chi connectivity index (χ2v) is 6.81. The molecule has 24 heavy (non-hydrogen) atoms. The fourth-order valence-electron chi connectivity index (χ4n) is 3.48. The van der Waals surface area contributed by atoms with Crippen molar-refractivity contribution in [3.8, 4) is 16.9 Å². The number of hydrogen-bond acceptors (Lipinski definition) is 2. The Hall–Kier alpha value is -2.56. The van der Waals surface area contributed by atoms with E-state index < -0.39 is 6.09 Å². The van der Waals surface area contributed by atoms with Gasteiger partial charge in [0.05, 0.1) is 13.2 Å². The van der Waals surface area contributed by atoms with Crippen molar-refractivity contribution in [2.75, 3.05) is 7.11 Å². The number of halogens is 1. The van der Waals surface area contributed by atoms with E-state index in [1.807, 2.05) is 32.0 Å². The van der Waals surface area contributed by atoms with Gasteiger partial charge in [-0.05, 0) is 40.7 Å². The molecular weight excluding hydrogens is 309 g/mol. The zero-order valence-electron chi connectivity index (χ0n) is 13.9. The Morgan fingerprint density at radius 3 is 2.67 bits per heavy atom. The van der Waals surface area contributed by atoms with Crippen LogP contribution in [0.25, 0.3) is 11.1 Å². The van der Waals surface area contributed by atoms with Crippen LogP contribution in [0.4, 0.5) is 9.18 Å². The average Bonchev–Trinajstić information content (AvgIpc) is 2.76. The fourth-order valence-corrected chi connectivity index (χ4v) is 3.48. The number of hydrogen-bond donors (Lipinski definition) is 2. The molecule has 1 unspecified atom stereocenters. The number of carbonyl (C=O) groups is 1. The van der Waals surface area contributed by atoms with Gasteiger partial charge in [0.1, 0.15) is 11.6 Å². The van der Waals surface area contributed by atoms with Gasteiger partial charge < -0.3 is 15.2 Å². The standard InChI is InChI=1S/C19H20FNO3/c1-19(2)10-12-8-11(4-6-15(12)17(19)21-18(22)23)14-7-5-13(24-3)9-16(14)20/h4-9,17,21H,10H2,1-3H3,(H,22,23). The van der Waals surface area contributed by atoms with Gasteiger partial charge in [0, 0.05) is 11.6 Å². The molecule has 2 aromatic carbocycles. The van der Waals surface area contributed by atoms with Gasteiger partial charge in [-0.3, -0.25) is 0 Å². The van der Waals surface area contributed by atoms with Crippen molar-refractivity contribution in [2.45, 2.75) is 26.3 Å². The number of amides is 1. The summed E-state index contributed by atoms with van der Waals surface area (Å²) in [4.78, 5) is 11.1. The Balaban J connectivity index is 2.00. The van der Waals surface area contributed by atoms with Crippen molar-refractivity contribution in [1.29, 1.82) is 0 Å². The van der Waals surface area contributed by atoms with Crippen LogP contribution in [-0.4, -0.2) is 18.3 Å². The highest BCUT2D eigenvalue weighted by molar-refractivity contribution is 5.69. The summed E-state index contributed by atoms with van der Waals surface area (Å²) < 4.78 is 19.3. The summed E-state index contributed by atoms with van der Waals surface area (Å²) in [6.45, 7) is 4.06. The van der Waals surface area contributed by atoms with E-state index in [9.17, 15) is 9.18 Å². The minimum absolute atomic E-state index is 0.224. The van der Waals surface area contributed by atoms with Crippen LogP contribution in [0.2, 0.25) is 0 Å². The lowest BCUT2D eigenvalue weighted by atomic mass is 9.85. The van der Waals surface area contributed by atoms with E-state index in [1.165, 1.54) is 13.2 Å². The third-order valence-electron chi connectivity index (χ3n) is 4.64. The lowest BCUT2D eigenvalue weighted by Gasteiger charge is -2.27. The van der Waals surface area contributed by atoms with Gasteiger partial charge in [-0.15, -0.1) is 0 Å². The van der Waals surface area contributed by atoms with Crippen LogP contribution in [0.15, 0.2) is 36.4 Å². The lowest BCUT2D eigenvalue weighted by Crippen LogP contribution is -2.34. The highest BCUT2D eigenvalue weighted by Crippen LogP contribution is 2.46. The maximum absolute atomic E-state index is 14.3. The fraction of sp³-hybridized carbons (Fsp3) is 0.316. The second-order valence-electron chi connectivity index (χ2n) is 6.81. The molecule has 0 aliphatic heterocycles. The first-order valence-corrected chi connectivity index (χ1v) is 7.78. The predicted octanol–water partition coefficient (Wildman–Crippen LogP) is 4.39. The van der Waals surface area contributed by atoms with Crippen LogP contribution in [0.5, 0.6) is 5.75 Å². The number of methoxy groups -OCH3 is 1. The van der Waals surface area contributed by atoms with Crippen molar-refractivity contribution in [1.82, 2.24) is 5.32 Å². The Kier molecular flexibility index (Phi) is 3.95. The van der Waals surface area contributed by atoms with E-state index in [-0.39, 0.29) is 17.3 Å². The molecule has 0 saturated carbocycles. The number of nitrogens with one attached hydrogen (secondary N) is 1. The number of ether oxygens (including phenoxy) is 1. The number of rotatable bonds is 3. The van der Waals surface area contributed by atoms with E-state index >= 15 is 0 Å². The third-order valence-corrected chi connectivity index (χ3v) is 4.64. The van der Waals surface area contributed by atoms with Gasteiger partial charge in [-0.1, -0.05) is 32.0 Å². The zero-order chi connectivity index (χ0) is 17.5. The molecule has 0 aromatic heterocycles. The zero-order valence-corrected chi connectivity index (χ0v) is 13.9. The first kappa shape index (κ1) is 16.3. The smallest absolute Gasteiger partial charge is 0.405 e. The molecule has 0 spiro atoms. The monoisotopic (exact) mass is 329 g/mol. The van der Waals surface area contributed by atoms with Crippen LogP contribution in [0.1, 0.15) is 31.0 Å². The van der Waals surface area contributed by atoms with E-state index in [0.29, 0.717) is 11.3 Å². The van der Waals surface area contributed by atoms with E-state index in [0.717, 1.165) is 23.1 Å². The maximum atomic E-state index is 14.3. The van der Waals surface area contributed by atoms with Crippen molar-refractivity contribution in [2.24, 2.45) is 5.41 Å². The molecule has 5 heteroatoms. The largest absolute Gasteiger partial charge is 0.497 e. The van der Waals surface area contributed by atoms with Gasteiger partial charge in [0.2, 0.25) is 0 Å². The number of fused-ring (bicyclic) bond motifs is 1. The van der Waals surface area contributed by atoms with Gasteiger partial charge in [-0.2, -0.15) is 0 Å². The Bertz CT molecular complexity index is 801. The molecule has 1 atom stereocenters. The van der Waals surface area contributed by atoms with Crippen LogP contribution < -0.4 is 10.1 Å². The SMILES string of the molecule is COc1ccc(-c2ccc3c(c2)CC(C)(C)C3NC(=O)O)c(F)c1. The van der Waals surface area contributed by atoms with Crippen molar-refractivity contribution < 1.29 is 19.0 Å². The Labute approximate surface area is 140 Å². The minimum atomic E-state index is -1.04. The summed E-state index contributed by atoms with van der Waals surface area (Å²) in [6.07, 6.45) is -0.301. The quantitative estimate of drug-likeness (QED) is 0.878. The lowest BCUT2D eigenvalue weighted by molar-refractivity contribution is 0.175. The average molecular weight is 329 g/mol. The molecule has 2 N–H and O–H groups in total. The van der Waals surface area contributed by atoms with E-state index in [4.69, 9.17) is 9.84 Å². The maximum Gasteiger partial charge on any atom is 0.405 e. The summed E-state index contributed by atoms with van der Waals surface area (Å²) in [5.41, 5.74) is 3.07. The molecule has 1 aliphatic rings. The molecule has 4 nitrogen and oxygen atoms in total. The molecular formula is C19H20FNO3. The first-order chi connectivity index (χ1) is 11.3. The molecule has 0 bridgehead atoms. The Morgan fingerprint density at radius 2 is 2.04 bits per heavy atom. The molecule has 0 radical (unpaired) electrons. The highest BCUT2D eigenvalue weighted by atomic mass is 19.1. The molecule has 2 aromatic rings. The predicted molar refractivity (Wildman–Crippen MR) is 89.8 cm³/mol. The van der Waals surface area contributed by atoms with Crippen LogP contribution in [0.3, 0.4) is 0 Å². The molecule has 0 heterocycles. The molecule has 1 amide bonds. The summed E-state index contributed by atoms with van der Waals surface area (Å²) in [7, 11) is 1.50.